The minimum Gasteiger partial charge on any atom is -0.870 e. The summed E-state index contributed by atoms with van der Waals surface area (Å²) in [6.07, 6.45) is 28.5. The van der Waals surface area contributed by atoms with Crippen molar-refractivity contribution in [2.24, 2.45) is 0 Å². The summed E-state index contributed by atoms with van der Waals surface area (Å²) in [6.45, 7) is 0. The molecule has 3 heteroatoms. The van der Waals surface area contributed by atoms with E-state index in [9.17, 15) is 9.90 Å². The van der Waals surface area contributed by atoms with Crippen LogP contribution in [-0.2, 0) is 0 Å². The Hall–Kier alpha value is -0.511. The predicted octanol–water partition coefficient (Wildman–Crippen LogP) is 6.20. The molecule has 0 bridgehead atoms. The second kappa shape index (κ2) is 21.2. The monoisotopic (exact) mass is 490 g/mol. The molecule has 0 radical (unpaired) electrons. The first-order valence-corrected chi connectivity index (χ1v) is 11.0. The molecule has 0 aromatic heterocycles. The van der Waals surface area contributed by atoms with Crippen LogP contribution in [0.4, 0.5) is 0 Å². The van der Waals surface area contributed by atoms with Crippen LogP contribution < -0.4 is 10.5 Å². The van der Waals surface area contributed by atoms with Crippen LogP contribution in [0.3, 0.4) is 0 Å². The molecule has 1 aromatic carbocycles. The number of hydrogen-bond acceptors (Lipinski definition) is 2. The molecule has 4 rings (SSSR count). The first-order chi connectivity index (χ1) is 13.3. The zero-order valence-electron chi connectivity index (χ0n) is 17.5. The molecule has 0 unspecified atom stereocenters. The fourth-order valence-corrected chi connectivity index (χ4v) is 3.21. The molecule has 3 saturated carbocycles. The Morgan fingerprint density at radius 2 is 0.929 bits per heavy atom. The van der Waals surface area contributed by atoms with E-state index in [0.717, 1.165) is 0 Å². The normalized spacial score (nSPS) is 18.3. The minimum absolute atomic E-state index is 0. The predicted molar refractivity (Wildman–Crippen MR) is 120 cm³/mol. The summed E-state index contributed by atoms with van der Waals surface area (Å²) in [5, 5.41) is 10.5. The van der Waals surface area contributed by atoms with Gasteiger partial charge in [-0.25, -0.2) is 0 Å². The fraction of sp³-hybridized carbons (Fsp3) is 0.600. The van der Waals surface area contributed by atoms with Gasteiger partial charge in [0.25, 0.3) is 0 Å². The summed E-state index contributed by atoms with van der Waals surface area (Å²) in [5.41, 5.74) is -0.458. The first kappa shape index (κ1) is 27.5. The van der Waals surface area contributed by atoms with Crippen molar-refractivity contribution in [2.75, 3.05) is 0 Å². The van der Waals surface area contributed by atoms with Gasteiger partial charge in [0, 0.05) is 0 Å². The standard InChI is InChI=1S/C7H6O2.3C6H11.Sn/c8-6-4-2-1-3-5-7(6)9;3*1-2-4-6-5-3-1;/h1-5H,(H,8,9);3*1H,2-6H2;/q;3*-1;+4/p-1. The summed E-state index contributed by atoms with van der Waals surface area (Å²) in [6, 6.07) is 7.24. The molecule has 0 atom stereocenters. The molecule has 0 amide bonds. The molecule has 0 aliphatic heterocycles. The molecule has 2 nitrogen and oxygen atoms in total. The first-order valence-electron chi connectivity index (χ1n) is 11.0. The van der Waals surface area contributed by atoms with Crippen molar-refractivity contribution >= 4 is 23.9 Å². The van der Waals surface area contributed by atoms with Crippen LogP contribution in [0.25, 0.3) is 0 Å². The molecule has 0 spiro atoms. The van der Waals surface area contributed by atoms with Crippen molar-refractivity contribution in [2.45, 2.75) is 96.3 Å². The zero-order valence-corrected chi connectivity index (χ0v) is 20.4. The zero-order chi connectivity index (χ0) is 19.4. The molecule has 0 N–H and O–H groups in total. The molecular weight excluding hydrogens is 451 g/mol. The van der Waals surface area contributed by atoms with Gasteiger partial charge >= 0.3 is 23.9 Å². The third-order valence-electron chi connectivity index (χ3n) is 4.91. The molecule has 3 aliphatic rings. The van der Waals surface area contributed by atoms with Gasteiger partial charge < -0.3 is 24.4 Å². The molecule has 1 aromatic rings. The van der Waals surface area contributed by atoms with E-state index in [1.807, 2.05) is 0 Å². The number of rotatable bonds is 0. The molecule has 0 heterocycles. The molecule has 28 heavy (non-hydrogen) atoms. The van der Waals surface area contributed by atoms with Gasteiger partial charge in [-0.15, -0.1) is 0 Å². The average molecular weight is 489 g/mol. The van der Waals surface area contributed by atoms with E-state index in [2.05, 4.69) is 19.3 Å². The Bertz CT molecular complexity index is 429. The maximum atomic E-state index is 10.5. The molecule has 0 saturated heterocycles. The summed E-state index contributed by atoms with van der Waals surface area (Å²) in [7, 11) is 0. The van der Waals surface area contributed by atoms with Gasteiger partial charge in [0.1, 0.15) is 0 Å². The smallest absolute Gasteiger partial charge is 0.870 e. The van der Waals surface area contributed by atoms with Crippen LogP contribution in [0.1, 0.15) is 96.3 Å². The Kier molecular flexibility index (Phi) is 20.8. The van der Waals surface area contributed by atoms with Crippen LogP contribution in [-0.4, -0.2) is 23.9 Å². The van der Waals surface area contributed by atoms with E-state index < -0.39 is 11.2 Å². The summed E-state index contributed by atoms with van der Waals surface area (Å²) >= 11 is 0. The Balaban J connectivity index is 0.000000349. The van der Waals surface area contributed by atoms with E-state index in [1.54, 1.807) is 18.2 Å². The van der Waals surface area contributed by atoms with Crippen molar-refractivity contribution in [1.82, 2.24) is 0 Å². The van der Waals surface area contributed by atoms with E-state index in [4.69, 9.17) is 0 Å². The topological polar surface area (TPSA) is 40.1 Å². The van der Waals surface area contributed by atoms with Crippen LogP contribution >= 0.6 is 0 Å². The van der Waals surface area contributed by atoms with E-state index in [-0.39, 0.29) is 23.9 Å². The van der Waals surface area contributed by atoms with Gasteiger partial charge in [0.15, 0.2) is 5.43 Å². The van der Waals surface area contributed by atoms with E-state index >= 15 is 0 Å². The van der Waals surface area contributed by atoms with E-state index in [1.165, 1.54) is 108 Å². The molecular formula is C25H38O2Sn. The Labute approximate surface area is 190 Å². The van der Waals surface area contributed by atoms with E-state index in [0.29, 0.717) is 0 Å². The summed E-state index contributed by atoms with van der Waals surface area (Å²) in [5.74, 6) is -0.458. The third kappa shape index (κ3) is 17.6. The van der Waals surface area contributed by atoms with Gasteiger partial charge in [0.05, 0.1) is 0 Å². The molecule has 3 fully saturated rings. The maximum absolute atomic E-state index is 10.5. The third-order valence-corrected chi connectivity index (χ3v) is 4.91. The van der Waals surface area contributed by atoms with Gasteiger partial charge in [0.2, 0.25) is 0 Å². The maximum Gasteiger partial charge on any atom is 4.00 e. The number of hydrogen-bond donors (Lipinski definition) is 0. The Morgan fingerprint density at radius 3 is 1.21 bits per heavy atom. The summed E-state index contributed by atoms with van der Waals surface area (Å²) in [4.78, 5) is 10.5. The minimum atomic E-state index is -0.458. The molecule has 154 valence electrons. The van der Waals surface area contributed by atoms with Gasteiger partial charge in [-0.05, 0) is 6.07 Å². The second-order valence-electron chi connectivity index (χ2n) is 7.42. The second-order valence-corrected chi connectivity index (χ2v) is 7.42. The SMILES string of the molecule is O=c1cccccc1[O-].[CH-]1CCCCC1.[CH-]1CCCCC1.[CH-]1CCCCC1.[Sn+4]. The van der Waals surface area contributed by atoms with Crippen molar-refractivity contribution in [1.29, 1.82) is 0 Å². The van der Waals surface area contributed by atoms with Gasteiger partial charge in [-0.1, -0.05) is 87.8 Å². The van der Waals surface area contributed by atoms with Gasteiger partial charge in [-0.3, -0.25) is 4.79 Å². The fourth-order valence-electron chi connectivity index (χ4n) is 3.21. The largest absolute Gasteiger partial charge is 4.00 e. The van der Waals surface area contributed by atoms with Gasteiger partial charge in [-0.2, -0.15) is 38.5 Å². The van der Waals surface area contributed by atoms with Crippen molar-refractivity contribution in [3.8, 4) is 5.75 Å². The quantitative estimate of drug-likeness (QED) is 0.322. The average Bonchev–Trinajstić information content (AvgIpc) is 2.97. The molecule has 3 aliphatic carbocycles. The van der Waals surface area contributed by atoms with Crippen LogP contribution in [0.5, 0.6) is 5.75 Å². The van der Waals surface area contributed by atoms with Crippen molar-refractivity contribution in [3.63, 3.8) is 0 Å². The van der Waals surface area contributed by atoms with Crippen LogP contribution in [0.15, 0.2) is 35.1 Å². The van der Waals surface area contributed by atoms with Crippen LogP contribution in [0.2, 0.25) is 0 Å². The van der Waals surface area contributed by atoms with Crippen molar-refractivity contribution < 1.29 is 5.11 Å². The summed E-state index contributed by atoms with van der Waals surface area (Å²) < 4.78 is 0. The van der Waals surface area contributed by atoms with Crippen molar-refractivity contribution in [3.05, 3.63) is 59.8 Å². The Morgan fingerprint density at radius 1 is 0.571 bits per heavy atom. The van der Waals surface area contributed by atoms with Crippen LogP contribution in [0, 0.1) is 19.3 Å².